The van der Waals surface area contributed by atoms with Crippen LogP contribution in [-0.4, -0.2) is 12.9 Å². The molecule has 0 aromatic rings. The van der Waals surface area contributed by atoms with Crippen LogP contribution < -0.4 is 0 Å². The van der Waals surface area contributed by atoms with Crippen molar-refractivity contribution in [1.29, 1.82) is 0 Å². The summed E-state index contributed by atoms with van der Waals surface area (Å²) in [7, 11) is 0. The molecule has 1 aliphatic heterocycles. The van der Waals surface area contributed by atoms with E-state index >= 15 is 0 Å². The minimum absolute atomic E-state index is 0.406. The van der Waals surface area contributed by atoms with Gasteiger partial charge in [-0.3, -0.25) is 4.42 Å². The van der Waals surface area contributed by atoms with Gasteiger partial charge in [0.1, 0.15) is 0 Å². The minimum Gasteiger partial charge on any atom is -0.262 e. The standard InChI is InChI=1S/C16H21OS/c1-3-5-10-16-14(12-17-4-2)13-9-7-6-8-11-15(13)18-16/h6-9,11-13H,3-5,10H2,1-2H3/q+1. The molecule has 1 atom stereocenters. The summed E-state index contributed by atoms with van der Waals surface area (Å²) in [4.78, 5) is 2.92. The lowest BCUT2D eigenvalue weighted by Gasteiger charge is -2.03. The number of hydrogen-bond acceptors (Lipinski definition) is 1. The van der Waals surface area contributed by atoms with Gasteiger partial charge in [0.25, 0.3) is 6.61 Å². The molecule has 96 valence electrons. The van der Waals surface area contributed by atoms with Gasteiger partial charge in [0, 0.05) is 22.7 Å². The van der Waals surface area contributed by atoms with Gasteiger partial charge in [-0.1, -0.05) is 55.5 Å². The molecule has 2 heteroatoms. The van der Waals surface area contributed by atoms with E-state index in [1.54, 1.807) is 0 Å². The van der Waals surface area contributed by atoms with Gasteiger partial charge in [-0.2, -0.15) is 0 Å². The molecule has 0 saturated heterocycles. The van der Waals surface area contributed by atoms with Crippen LogP contribution >= 0.6 is 11.8 Å². The Morgan fingerprint density at radius 3 is 2.94 bits per heavy atom. The summed E-state index contributed by atoms with van der Waals surface area (Å²) in [5.41, 5.74) is 1.36. The monoisotopic (exact) mass is 261 g/mol. The van der Waals surface area contributed by atoms with Gasteiger partial charge in [-0.15, -0.1) is 0 Å². The third kappa shape index (κ3) is 3.05. The number of fused-ring (bicyclic) bond motifs is 1. The molecule has 1 heterocycles. The molecule has 0 N–H and O–H groups in total. The third-order valence-corrected chi connectivity index (χ3v) is 4.44. The van der Waals surface area contributed by atoms with Gasteiger partial charge in [0.2, 0.25) is 0 Å². The Morgan fingerprint density at radius 1 is 1.28 bits per heavy atom. The van der Waals surface area contributed by atoms with E-state index in [9.17, 15) is 0 Å². The first kappa shape index (κ1) is 13.4. The summed E-state index contributed by atoms with van der Waals surface area (Å²) >= 11 is 1.93. The summed E-state index contributed by atoms with van der Waals surface area (Å²) in [5, 5.41) is 0. The largest absolute Gasteiger partial charge is 0.313 e. The number of rotatable bonds is 5. The maximum absolute atomic E-state index is 5.54. The van der Waals surface area contributed by atoms with Gasteiger partial charge < -0.3 is 0 Å². The molecule has 0 amide bonds. The Kier molecular flexibility index (Phi) is 5.06. The predicted molar refractivity (Wildman–Crippen MR) is 80.6 cm³/mol. The molecule has 0 bridgehead atoms. The van der Waals surface area contributed by atoms with Crippen LogP contribution in [0.3, 0.4) is 0 Å². The molecule has 1 nitrogen and oxygen atoms in total. The zero-order valence-electron chi connectivity index (χ0n) is 11.2. The molecule has 1 aliphatic carbocycles. The van der Waals surface area contributed by atoms with Crippen molar-refractivity contribution >= 4 is 18.0 Å². The van der Waals surface area contributed by atoms with E-state index in [4.69, 9.17) is 4.42 Å². The number of aldehydes is 1. The second-order valence-electron chi connectivity index (χ2n) is 4.47. The highest BCUT2D eigenvalue weighted by Crippen LogP contribution is 2.47. The fourth-order valence-electron chi connectivity index (χ4n) is 2.16. The summed E-state index contributed by atoms with van der Waals surface area (Å²) in [6.07, 6.45) is 16.5. The van der Waals surface area contributed by atoms with Gasteiger partial charge >= 0.3 is 6.29 Å². The smallest absolute Gasteiger partial charge is 0.262 e. The van der Waals surface area contributed by atoms with Crippen molar-refractivity contribution in [3.63, 3.8) is 0 Å². The molecule has 2 rings (SSSR count). The van der Waals surface area contributed by atoms with Crippen molar-refractivity contribution in [3.8, 4) is 0 Å². The van der Waals surface area contributed by atoms with Crippen molar-refractivity contribution in [2.45, 2.75) is 33.1 Å². The number of hydrogen-bond donors (Lipinski definition) is 0. The van der Waals surface area contributed by atoms with Crippen molar-refractivity contribution in [1.82, 2.24) is 0 Å². The van der Waals surface area contributed by atoms with Gasteiger partial charge in [0.05, 0.1) is 5.57 Å². The number of allylic oxidation sites excluding steroid dienone is 8. The molecule has 0 aromatic carbocycles. The molecule has 0 radical (unpaired) electrons. The summed E-state index contributed by atoms with van der Waals surface area (Å²) in [6, 6.07) is 0. The second-order valence-corrected chi connectivity index (χ2v) is 5.64. The zero-order valence-corrected chi connectivity index (χ0v) is 12.0. The Balaban J connectivity index is 2.26. The summed E-state index contributed by atoms with van der Waals surface area (Å²) < 4.78 is 5.54. The number of unbranched alkanes of at least 4 members (excludes halogenated alkanes) is 1. The molecular formula is C16H21OS+. The highest BCUT2D eigenvalue weighted by Gasteiger charge is 2.30. The lowest BCUT2D eigenvalue weighted by atomic mass is 9.98. The van der Waals surface area contributed by atoms with Crippen LogP contribution in [0.15, 0.2) is 45.8 Å². The van der Waals surface area contributed by atoms with Crippen LogP contribution in [0.1, 0.15) is 33.1 Å². The summed E-state index contributed by atoms with van der Waals surface area (Å²) in [5.74, 6) is 0.406. The Hall–Kier alpha value is -1.02. The molecular weight excluding hydrogens is 240 g/mol. The van der Waals surface area contributed by atoms with E-state index in [1.807, 2.05) is 25.0 Å². The van der Waals surface area contributed by atoms with E-state index in [1.165, 1.54) is 34.6 Å². The van der Waals surface area contributed by atoms with Crippen LogP contribution in [0.5, 0.6) is 0 Å². The van der Waals surface area contributed by atoms with Crippen molar-refractivity contribution < 1.29 is 4.42 Å². The van der Waals surface area contributed by atoms with Crippen LogP contribution in [0.25, 0.3) is 0 Å². The van der Waals surface area contributed by atoms with Crippen LogP contribution in [0, 0.1) is 5.92 Å². The zero-order chi connectivity index (χ0) is 12.8. The van der Waals surface area contributed by atoms with Crippen LogP contribution in [0.2, 0.25) is 0 Å². The van der Waals surface area contributed by atoms with Gasteiger partial charge in [-0.05, 0) is 12.8 Å². The Bertz CT molecular complexity index is 438. The Morgan fingerprint density at radius 2 is 2.17 bits per heavy atom. The Labute approximate surface area is 114 Å². The number of carbonyl (C=O) groups excluding carboxylic acids is 1. The first-order valence-corrected chi connectivity index (χ1v) is 7.59. The molecule has 0 fully saturated rings. The molecule has 2 aliphatic rings. The first-order chi connectivity index (χ1) is 8.86. The average Bonchev–Trinajstić information content (AvgIpc) is 2.56. The lowest BCUT2D eigenvalue weighted by molar-refractivity contribution is -0.446. The summed E-state index contributed by atoms with van der Waals surface area (Å²) in [6.45, 7) is 5.02. The highest BCUT2D eigenvalue weighted by molar-refractivity contribution is 8.07. The third-order valence-electron chi connectivity index (χ3n) is 3.13. The van der Waals surface area contributed by atoms with E-state index in [2.05, 4.69) is 37.3 Å². The topological polar surface area (TPSA) is 11.3 Å². The molecule has 1 unspecified atom stereocenters. The van der Waals surface area contributed by atoms with Crippen LogP contribution in [0.4, 0.5) is 0 Å². The SMILES string of the molecule is CCCCC1=C(C=[O+]CC)C2C=CC=CC=C2S1. The fourth-order valence-corrected chi connectivity index (χ4v) is 3.47. The van der Waals surface area contributed by atoms with Crippen molar-refractivity contribution in [2.24, 2.45) is 5.92 Å². The minimum atomic E-state index is 0.406. The van der Waals surface area contributed by atoms with Gasteiger partial charge in [-0.25, -0.2) is 0 Å². The van der Waals surface area contributed by atoms with E-state index < -0.39 is 0 Å². The maximum Gasteiger partial charge on any atom is 0.313 e. The molecule has 0 saturated carbocycles. The average molecular weight is 261 g/mol. The van der Waals surface area contributed by atoms with E-state index in [0.717, 1.165) is 6.61 Å². The first-order valence-electron chi connectivity index (χ1n) is 6.77. The van der Waals surface area contributed by atoms with E-state index in [0.29, 0.717) is 5.92 Å². The van der Waals surface area contributed by atoms with Crippen molar-refractivity contribution in [3.05, 3.63) is 45.8 Å². The second kappa shape index (κ2) is 6.79. The molecule has 0 spiro atoms. The van der Waals surface area contributed by atoms with E-state index in [-0.39, 0.29) is 0 Å². The van der Waals surface area contributed by atoms with Crippen LogP contribution in [-0.2, 0) is 4.42 Å². The normalized spacial score (nSPS) is 22.6. The maximum atomic E-state index is 5.54. The number of thioether (sulfide) groups is 1. The van der Waals surface area contributed by atoms with Crippen molar-refractivity contribution in [2.75, 3.05) is 6.61 Å². The highest BCUT2D eigenvalue weighted by atomic mass is 32.2. The molecule has 0 aromatic heterocycles. The fraction of sp³-hybridized carbons (Fsp3) is 0.438. The quantitative estimate of drug-likeness (QED) is 0.521. The molecule has 18 heavy (non-hydrogen) atoms. The van der Waals surface area contributed by atoms with Gasteiger partial charge in [0.15, 0.2) is 0 Å². The predicted octanol–water partition coefficient (Wildman–Crippen LogP) is 4.56. The lowest BCUT2D eigenvalue weighted by Crippen LogP contribution is -2.01.